The highest BCUT2D eigenvalue weighted by Crippen LogP contribution is 2.40. The molecular weight excluding hydrogens is 480 g/mol. The number of para-hydroxylation sites is 2. The normalized spacial score (nSPS) is 16.4. The molecule has 3 aromatic carbocycles. The Balaban J connectivity index is 1.65. The second-order valence-corrected chi connectivity index (χ2v) is 8.09. The molecule has 0 bridgehead atoms. The molecule has 0 radical (unpaired) electrons. The molecule has 1 aliphatic heterocycles. The molecule has 11 heteroatoms. The van der Waals surface area contributed by atoms with Crippen LogP contribution in [0.15, 0.2) is 72.8 Å². The minimum Gasteiger partial charge on any atom is -0.493 e. The Kier molecular flexibility index (Phi) is 7.33. The number of rotatable bonds is 9. The average molecular weight is 504 g/mol. The Labute approximate surface area is 212 Å². The standard InChI is InChI=1S/C26H24N4O7/c1-3-36-22-15-17(27-16(2)31)13-14-20(22)25(32)28-29-23(19-11-7-8-12-21(19)30(34)35)24(26(29)33)37-18-9-5-4-6-10-18/h4-15,23-24H,3H2,1-2H3,(H,27,31)(H,28,32)/t23-,24-/m0/s1. The Hall–Kier alpha value is -4.93. The summed E-state index contributed by atoms with van der Waals surface area (Å²) in [4.78, 5) is 48.9. The van der Waals surface area contributed by atoms with E-state index in [1.54, 1.807) is 43.3 Å². The summed E-state index contributed by atoms with van der Waals surface area (Å²) in [7, 11) is 0. The molecule has 37 heavy (non-hydrogen) atoms. The number of anilines is 1. The van der Waals surface area contributed by atoms with Crippen LogP contribution >= 0.6 is 0 Å². The molecule has 0 aromatic heterocycles. The number of hydrazine groups is 1. The molecular formula is C26H24N4O7. The van der Waals surface area contributed by atoms with Crippen molar-refractivity contribution in [1.29, 1.82) is 0 Å². The van der Waals surface area contributed by atoms with Gasteiger partial charge in [0.05, 0.1) is 22.7 Å². The molecule has 0 aliphatic carbocycles. The van der Waals surface area contributed by atoms with Gasteiger partial charge in [0.2, 0.25) is 12.0 Å². The Morgan fingerprint density at radius 3 is 2.43 bits per heavy atom. The average Bonchev–Trinajstić information content (AvgIpc) is 2.88. The first-order chi connectivity index (χ1) is 17.8. The van der Waals surface area contributed by atoms with Crippen LogP contribution in [0.2, 0.25) is 0 Å². The van der Waals surface area contributed by atoms with Crippen LogP contribution in [0, 0.1) is 10.1 Å². The van der Waals surface area contributed by atoms with E-state index in [2.05, 4.69) is 10.7 Å². The molecule has 0 spiro atoms. The van der Waals surface area contributed by atoms with Crippen LogP contribution in [-0.4, -0.2) is 40.4 Å². The van der Waals surface area contributed by atoms with Crippen molar-refractivity contribution in [3.63, 3.8) is 0 Å². The second kappa shape index (κ2) is 10.8. The number of nitro benzene ring substituents is 1. The fourth-order valence-corrected chi connectivity index (χ4v) is 3.99. The first kappa shape index (κ1) is 25.2. The van der Waals surface area contributed by atoms with Crippen molar-refractivity contribution in [1.82, 2.24) is 10.4 Å². The predicted molar refractivity (Wildman–Crippen MR) is 133 cm³/mol. The number of nitrogens with zero attached hydrogens (tertiary/aromatic N) is 2. The highest BCUT2D eigenvalue weighted by molar-refractivity contribution is 6.00. The lowest BCUT2D eigenvalue weighted by Crippen LogP contribution is -2.67. The number of benzene rings is 3. The van der Waals surface area contributed by atoms with Gasteiger partial charge in [0.1, 0.15) is 17.5 Å². The number of nitrogens with one attached hydrogen (secondary N) is 2. The maximum absolute atomic E-state index is 13.2. The van der Waals surface area contributed by atoms with Crippen LogP contribution < -0.4 is 20.2 Å². The molecule has 0 unspecified atom stereocenters. The summed E-state index contributed by atoms with van der Waals surface area (Å²) in [5.74, 6) is -0.940. The lowest BCUT2D eigenvalue weighted by atomic mass is 9.91. The van der Waals surface area contributed by atoms with Crippen molar-refractivity contribution in [2.75, 3.05) is 11.9 Å². The van der Waals surface area contributed by atoms with Crippen molar-refractivity contribution in [3.8, 4) is 11.5 Å². The minimum absolute atomic E-state index is 0.109. The van der Waals surface area contributed by atoms with E-state index in [-0.39, 0.29) is 35.1 Å². The third-order valence-electron chi connectivity index (χ3n) is 5.57. The maximum atomic E-state index is 13.2. The van der Waals surface area contributed by atoms with E-state index >= 15 is 0 Å². The summed E-state index contributed by atoms with van der Waals surface area (Å²) in [6.45, 7) is 3.34. The van der Waals surface area contributed by atoms with E-state index in [1.165, 1.54) is 43.3 Å². The number of ether oxygens (including phenoxy) is 2. The molecule has 0 saturated carbocycles. The lowest BCUT2D eigenvalue weighted by Gasteiger charge is -2.45. The van der Waals surface area contributed by atoms with Gasteiger partial charge in [0, 0.05) is 24.7 Å². The first-order valence-corrected chi connectivity index (χ1v) is 11.4. The SMILES string of the molecule is CCOc1cc(NC(C)=O)ccc1C(=O)NN1C(=O)[C@@H](Oc2ccccc2)[C@@H]1c1ccccc1[N+](=O)[O-]. The molecule has 1 aliphatic rings. The highest BCUT2D eigenvalue weighted by Gasteiger charge is 2.53. The van der Waals surface area contributed by atoms with Gasteiger partial charge in [-0.15, -0.1) is 0 Å². The molecule has 1 saturated heterocycles. The second-order valence-electron chi connectivity index (χ2n) is 8.09. The predicted octanol–water partition coefficient (Wildman–Crippen LogP) is 3.63. The number of hydrogen-bond donors (Lipinski definition) is 2. The van der Waals surface area contributed by atoms with Crippen LogP contribution in [0.3, 0.4) is 0 Å². The van der Waals surface area contributed by atoms with Crippen LogP contribution in [0.4, 0.5) is 11.4 Å². The molecule has 4 rings (SSSR count). The van der Waals surface area contributed by atoms with E-state index in [1.807, 2.05) is 0 Å². The number of hydrogen-bond acceptors (Lipinski definition) is 7. The Morgan fingerprint density at radius 1 is 1.05 bits per heavy atom. The van der Waals surface area contributed by atoms with Gasteiger partial charge < -0.3 is 14.8 Å². The van der Waals surface area contributed by atoms with Gasteiger partial charge in [-0.3, -0.25) is 29.9 Å². The van der Waals surface area contributed by atoms with Crippen LogP contribution in [-0.2, 0) is 9.59 Å². The molecule has 3 amide bonds. The molecule has 3 aromatic rings. The number of amides is 3. The van der Waals surface area contributed by atoms with Crippen LogP contribution in [0.25, 0.3) is 0 Å². The Morgan fingerprint density at radius 2 is 1.76 bits per heavy atom. The van der Waals surface area contributed by atoms with E-state index < -0.39 is 28.9 Å². The zero-order valence-electron chi connectivity index (χ0n) is 20.0. The third kappa shape index (κ3) is 5.35. The van der Waals surface area contributed by atoms with Gasteiger partial charge in [0.25, 0.3) is 17.5 Å². The number of nitro groups is 1. The molecule has 11 nitrogen and oxygen atoms in total. The fraction of sp³-hybridized carbons (Fsp3) is 0.192. The largest absolute Gasteiger partial charge is 0.493 e. The molecule has 1 heterocycles. The monoisotopic (exact) mass is 504 g/mol. The number of carbonyl (C=O) groups excluding carboxylic acids is 3. The van der Waals surface area contributed by atoms with Crippen molar-refractivity contribution >= 4 is 29.1 Å². The molecule has 2 atom stereocenters. The van der Waals surface area contributed by atoms with Gasteiger partial charge in [-0.25, -0.2) is 5.01 Å². The zero-order valence-corrected chi connectivity index (χ0v) is 20.0. The minimum atomic E-state index is -1.10. The number of β-lactam (4-membered cyclic amide) rings is 1. The summed E-state index contributed by atoms with van der Waals surface area (Å²) in [6, 6.07) is 18.1. The van der Waals surface area contributed by atoms with Crippen molar-refractivity contribution in [2.45, 2.75) is 26.0 Å². The quantitative estimate of drug-likeness (QED) is 0.258. The summed E-state index contributed by atoms with van der Waals surface area (Å²) in [5.41, 5.74) is 3.08. The fourth-order valence-electron chi connectivity index (χ4n) is 3.99. The van der Waals surface area contributed by atoms with Crippen molar-refractivity contribution in [2.24, 2.45) is 0 Å². The van der Waals surface area contributed by atoms with Gasteiger partial charge in [0.15, 0.2) is 0 Å². The van der Waals surface area contributed by atoms with E-state index in [9.17, 15) is 24.5 Å². The smallest absolute Gasteiger partial charge is 0.285 e. The van der Waals surface area contributed by atoms with E-state index in [0.717, 1.165) is 5.01 Å². The van der Waals surface area contributed by atoms with E-state index in [4.69, 9.17) is 9.47 Å². The van der Waals surface area contributed by atoms with Crippen LogP contribution in [0.1, 0.15) is 35.8 Å². The summed E-state index contributed by atoms with van der Waals surface area (Å²) in [5, 5.41) is 15.4. The number of carbonyl (C=O) groups is 3. The van der Waals surface area contributed by atoms with E-state index in [0.29, 0.717) is 11.4 Å². The molecule has 1 fully saturated rings. The molecule has 190 valence electrons. The van der Waals surface area contributed by atoms with Gasteiger partial charge in [-0.2, -0.15) is 0 Å². The summed E-state index contributed by atoms with van der Waals surface area (Å²) >= 11 is 0. The zero-order chi connectivity index (χ0) is 26.5. The maximum Gasteiger partial charge on any atom is 0.285 e. The first-order valence-electron chi connectivity index (χ1n) is 11.4. The third-order valence-corrected chi connectivity index (χ3v) is 5.57. The van der Waals surface area contributed by atoms with Gasteiger partial charge in [-0.05, 0) is 37.3 Å². The summed E-state index contributed by atoms with van der Waals surface area (Å²) in [6.07, 6.45) is -1.10. The summed E-state index contributed by atoms with van der Waals surface area (Å²) < 4.78 is 11.4. The molecule has 2 N–H and O–H groups in total. The van der Waals surface area contributed by atoms with Gasteiger partial charge in [-0.1, -0.05) is 30.3 Å². The highest BCUT2D eigenvalue weighted by atomic mass is 16.6. The lowest BCUT2D eigenvalue weighted by molar-refractivity contribution is -0.386. The topological polar surface area (TPSA) is 140 Å². The van der Waals surface area contributed by atoms with Gasteiger partial charge >= 0.3 is 0 Å². The van der Waals surface area contributed by atoms with Crippen LogP contribution in [0.5, 0.6) is 11.5 Å². The van der Waals surface area contributed by atoms with Crippen molar-refractivity contribution < 1.29 is 28.8 Å². The van der Waals surface area contributed by atoms with Crippen molar-refractivity contribution in [3.05, 3.63) is 94.0 Å². The Bertz CT molecular complexity index is 1350.